The molecule has 2 heterocycles. The van der Waals surface area contributed by atoms with E-state index in [0.717, 1.165) is 22.5 Å². The lowest BCUT2D eigenvalue weighted by Gasteiger charge is -2.20. The smallest absolute Gasteiger partial charge is 0.285 e. The summed E-state index contributed by atoms with van der Waals surface area (Å²) in [4.78, 5) is 19.8. The Balaban J connectivity index is 1.61. The molecule has 2 aromatic heterocycles. The van der Waals surface area contributed by atoms with E-state index in [4.69, 9.17) is 0 Å². The topological polar surface area (TPSA) is 76.8 Å². The van der Waals surface area contributed by atoms with Crippen molar-refractivity contribution in [1.29, 1.82) is 0 Å². The number of carbonyl (C=O) groups excluding carboxylic acids is 1. The quantitative estimate of drug-likeness (QED) is 0.485. The molecule has 0 fully saturated rings. The Hall–Kier alpha value is -4.08. The van der Waals surface area contributed by atoms with Gasteiger partial charge in [-0.3, -0.25) is 9.69 Å². The van der Waals surface area contributed by atoms with Gasteiger partial charge in [0.15, 0.2) is 0 Å². The van der Waals surface area contributed by atoms with E-state index in [1.54, 1.807) is 24.4 Å². The second-order valence-electron chi connectivity index (χ2n) is 6.51. The number of amides is 1. The first-order valence-corrected chi connectivity index (χ1v) is 9.16. The van der Waals surface area contributed by atoms with Crippen LogP contribution in [0.1, 0.15) is 21.7 Å². The molecule has 0 aliphatic carbocycles. The molecule has 31 heavy (non-hydrogen) atoms. The Kier molecular flexibility index (Phi) is 5.44. The van der Waals surface area contributed by atoms with Crippen LogP contribution in [-0.2, 0) is 12.7 Å². The molecular formula is C21H15F3N6O. The SMILES string of the molecule is O=C(c1nnn(-c2ccc(C(F)(F)F)cc2)n1)N(Cc1ccccc1)c1ccccn1. The highest BCUT2D eigenvalue weighted by Crippen LogP contribution is 2.29. The number of rotatable bonds is 5. The average Bonchev–Trinajstić information content (AvgIpc) is 3.28. The molecule has 156 valence electrons. The van der Waals surface area contributed by atoms with Crippen LogP contribution < -0.4 is 4.90 Å². The molecule has 0 radical (unpaired) electrons. The van der Waals surface area contributed by atoms with Crippen LogP contribution in [0.5, 0.6) is 0 Å². The fourth-order valence-electron chi connectivity index (χ4n) is 2.85. The number of anilines is 1. The molecule has 0 bridgehead atoms. The zero-order chi connectivity index (χ0) is 21.8. The van der Waals surface area contributed by atoms with Crippen LogP contribution in [0.15, 0.2) is 79.0 Å². The van der Waals surface area contributed by atoms with E-state index in [1.165, 1.54) is 17.0 Å². The second-order valence-corrected chi connectivity index (χ2v) is 6.51. The van der Waals surface area contributed by atoms with E-state index < -0.39 is 17.6 Å². The van der Waals surface area contributed by atoms with Crippen molar-refractivity contribution in [3.05, 3.63) is 95.9 Å². The highest BCUT2D eigenvalue weighted by atomic mass is 19.4. The van der Waals surface area contributed by atoms with Gasteiger partial charge in [0.05, 0.1) is 17.8 Å². The monoisotopic (exact) mass is 424 g/mol. The van der Waals surface area contributed by atoms with Gasteiger partial charge in [0.1, 0.15) is 5.82 Å². The zero-order valence-corrected chi connectivity index (χ0v) is 15.9. The zero-order valence-electron chi connectivity index (χ0n) is 15.9. The number of tetrazole rings is 1. The van der Waals surface area contributed by atoms with E-state index in [9.17, 15) is 18.0 Å². The third-order valence-electron chi connectivity index (χ3n) is 4.38. The van der Waals surface area contributed by atoms with Crippen molar-refractivity contribution in [3.63, 3.8) is 0 Å². The lowest BCUT2D eigenvalue weighted by molar-refractivity contribution is -0.137. The van der Waals surface area contributed by atoms with Crippen molar-refractivity contribution in [2.24, 2.45) is 0 Å². The van der Waals surface area contributed by atoms with Crippen LogP contribution in [0, 0.1) is 0 Å². The second kappa shape index (κ2) is 8.34. The fourth-order valence-corrected chi connectivity index (χ4v) is 2.85. The standard InChI is InChI=1S/C21H15F3N6O/c22-21(23,24)16-9-11-17(12-10-16)30-27-19(26-28-30)20(31)29(18-8-4-5-13-25-18)14-15-6-2-1-3-7-15/h1-13H,14H2. The average molecular weight is 424 g/mol. The van der Waals surface area contributed by atoms with Crippen LogP contribution in [0.2, 0.25) is 0 Å². The van der Waals surface area contributed by atoms with E-state index in [0.29, 0.717) is 5.82 Å². The van der Waals surface area contributed by atoms with Gasteiger partial charge in [0.25, 0.3) is 5.82 Å². The molecule has 0 atom stereocenters. The van der Waals surface area contributed by atoms with Crippen molar-refractivity contribution in [3.8, 4) is 5.69 Å². The van der Waals surface area contributed by atoms with Gasteiger partial charge in [-0.15, -0.1) is 15.0 Å². The number of pyridine rings is 1. The predicted molar refractivity (Wildman–Crippen MR) is 105 cm³/mol. The molecule has 0 aliphatic heterocycles. The summed E-state index contributed by atoms with van der Waals surface area (Å²) in [6.45, 7) is 0.228. The fraction of sp³-hybridized carbons (Fsp3) is 0.0952. The van der Waals surface area contributed by atoms with Crippen molar-refractivity contribution >= 4 is 11.7 Å². The highest BCUT2D eigenvalue weighted by molar-refractivity contribution is 6.02. The Morgan fingerprint density at radius 1 is 0.935 bits per heavy atom. The molecule has 0 N–H and O–H groups in total. The molecule has 7 nitrogen and oxygen atoms in total. The van der Waals surface area contributed by atoms with Gasteiger partial charge in [-0.25, -0.2) is 4.98 Å². The minimum absolute atomic E-state index is 0.207. The minimum atomic E-state index is -4.45. The third kappa shape index (κ3) is 4.58. The summed E-state index contributed by atoms with van der Waals surface area (Å²) in [6.07, 6.45) is -2.89. The largest absolute Gasteiger partial charge is 0.416 e. The van der Waals surface area contributed by atoms with Gasteiger partial charge in [0, 0.05) is 6.20 Å². The minimum Gasteiger partial charge on any atom is -0.285 e. The number of hydrogen-bond donors (Lipinski definition) is 0. The number of carbonyl (C=O) groups is 1. The van der Waals surface area contributed by atoms with Crippen molar-refractivity contribution in [2.75, 3.05) is 4.90 Å². The first kappa shape index (κ1) is 20.2. The van der Waals surface area contributed by atoms with Crippen molar-refractivity contribution < 1.29 is 18.0 Å². The van der Waals surface area contributed by atoms with Gasteiger partial charge < -0.3 is 0 Å². The summed E-state index contributed by atoms with van der Waals surface area (Å²) in [5.74, 6) is -0.343. The Bertz CT molecular complexity index is 1160. The molecule has 2 aromatic carbocycles. The van der Waals surface area contributed by atoms with Crippen molar-refractivity contribution in [1.82, 2.24) is 25.2 Å². The van der Waals surface area contributed by atoms with E-state index in [2.05, 4.69) is 20.4 Å². The molecule has 0 saturated heterocycles. The molecule has 10 heteroatoms. The number of hydrogen-bond acceptors (Lipinski definition) is 5. The number of aromatic nitrogens is 5. The van der Waals surface area contributed by atoms with E-state index >= 15 is 0 Å². The first-order chi connectivity index (χ1) is 14.9. The Labute approximate surface area is 174 Å². The maximum atomic E-state index is 13.1. The van der Waals surface area contributed by atoms with Crippen LogP contribution in [-0.4, -0.2) is 31.1 Å². The van der Waals surface area contributed by atoms with Crippen LogP contribution >= 0.6 is 0 Å². The lowest BCUT2D eigenvalue weighted by atomic mass is 10.2. The van der Waals surface area contributed by atoms with Crippen LogP contribution in [0.3, 0.4) is 0 Å². The highest BCUT2D eigenvalue weighted by Gasteiger charge is 2.30. The van der Waals surface area contributed by atoms with Gasteiger partial charge in [-0.1, -0.05) is 36.4 Å². The molecule has 1 amide bonds. The molecule has 4 rings (SSSR count). The maximum Gasteiger partial charge on any atom is 0.416 e. The number of nitrogens with zero attached hydrogens (tertiary/aromatic N) is 6. The normalized spacial score (nSPS) is 11.3. The molecule has 0 spiro atoms. The summed E-state index contributed by atoms with van der Waals surface area (Å²) in [5, 5.41) is 11.7. The van der Waals surface area contributed by atoms with Gasteiger partial charge >= 0.3 is 12.1 Å². The summed E-state index contributed by atoms with van der Waals surface area (Å²) >= 11 is 0. The molecule has 0 aliphatic rings. The van der Waals surface area contributed by atoms with Crippen LogP contribution in [0.25, 0.3) is 5.69 Å². The number of alkyl halides is 3. The van der Waals surface area contributed by atoms with Gasteiger partial charge in [-0.2, -0.15) is 13.2 Å². The summed E-state index contributed by atoms with van der Waals surface area (Å²) in [7, 11) is 0. The molecule has 0 unspecified atom stereocenters. The molecule has 0 saturated carbocycles. The predicted octanol–water partition coefficient (Wildman–Crippen LogP) is 3.92. The molecular weight excluding hydrogens is 409 g/mol. The summed E-state index contributed by atoms with van der Waals surface area (Å²) in [5.41, 5.74) is 0.320. The van der Waals surface area contributed by atoms with Crippen molar-refractivity contribution in [2.45, 2.75) is 12.7 Å². The number of halogens is 3. The maximum absolute atomic E-state index is 13.1. The van der Waals surface area contributed by atoms with Crippen LogP contribution in [0.4, 0.5) is 19.0 Å². The lowest BCUT2D eigenvalue weighted by Crippen LogP contribution is -2.32. The Morgan fingerprint density at radius 3 is 2.29 bits per heavy atom. The third-order valence-corrected chi connectivity index (χ3v) is 4.38. The van der Waals surface area contributed by atoms with E-state index in [-0.39, 0.29) is 18.1 Å². The Morgan fingerprint density at radius 2 is 1.65 bits per heavy atom. The number of benzene rings is 2. The summed E-state index contributed by atoms with van der Waals surface area (Å²) < 4.78 is 38.3. The molecule has 4 aromatic rings. The van der Waals surface area contributed by atoms with Gasteiger partial charge in [-0.05, 0) is 47.2 Å². The van der Waals surface area contributed by atoms with Gasteiger partial charge in [0.2, 0.25) is 0 Å². The first-order valence-electron chi connectivity index (χ1n) is 9.16. The van der Waals surface area contributed by atoms with E-state index in [1.807, 2.05) is 30.3 Å². The summed E-state index contributed by atoms with van der Waals surface area (Å²) in [6, 6.07) is 18.7.